The number of amides is 1. The lowest BCUT2D eigenvalue weighted by Gasteiger charge is -2.18. The lowest BCUT2D eigenvalue weighted by molar-refractivity contribution is -0.124. The zero-order chi connectivity index (χ0) is 23.4. The second kappa shape index (κ2) is 9.72. The molecule has 0 aliphatic rings. The van der Waals surface area contributed by atoms with Gasteiger partial charge in [0.05, 0.1) is 12.2 Å². The monoisotopic (exact) mass is 447 g/mol. The van der Waals surface area contributed by atoms with Gasteiger partial charge in [-0.15, -0.1) is 5.10 Å². The van der Waals surface area contributed by atoms with Crippen LogP contribution in [0.4, 0.5) is 4.39 Å². The van der Waals surface area contributed by atoms with E-state index in [1.54, 1.807) is 19.1 Å². The van der Waals surface area contributed by atoms with Gasteiger partial charge in [0.2, 0.25) is 5.91 Å². The van der Waals surface area contributed by atoms with Crippen LogP contribution in [0.5, 0.6) is 0 Å². The predicted molar refractivity (Wildman–Crippen MR) is 121 cm³/mol. The molecule has 1 unspecified atom stereocenters. The quantitative estimate of drug-likeness (QED) is 0.448. The van der Waals surface area contributed by atoms with Crippen LogP contribution in [-0.4, -0.2) is 35.9 Å². The van der Waals surface area contributed by atoms with Gasteiger partial charge in [0, 0.05) is 24.2 Å². The molecule has 170 valence electrons. The molecule has 2 aromatic carbocycles. The average Bonchev–Trinajstić information content (AvgIpc) is 3.34. The summed E-state index contributed by atoms with van der Waals surface area (Å²) in [5.74, 6) is -0.0125. The second-order valence-electron chi connectivity index (χ2n) is 8.03. The van der Waals surface area contributed by atoms with E-state index in [-0.39, 0.29) is 11.7 Å². The molecule has 1 atom stereocenters. The van der Waals surface area contributed by atoms with Crippen molar-refractivity contribution in [3.8, 4) is 0 Å². The van der Waals surface area contributed by atoms with Crippen molar-refractivity contribution in [1.82, 2.24) is 35.3 Å². The van der Waals surface area contributed by atoms with Gasteiger partial charge in [-0.05, 0) is 54.5 Å². The molecule has 0 aliphatic heterocycles. The summed E-state index contributed by atoms with van der Waals surface area (Å²) < 4.78 is 16.8. The van der Waals surface area contributed by atoms with Crippen LogP contribution in [0.15, 0.2) is 54.6 Å². The summed E-state index contributed by atoms with van der Waals surface area (Å²) in [5, 5.41) is 19.3. The van der Waals surface area contributed by atoms with Crippen LogP contribution in [0.2, 0.25) is 0 Å². The number of benzene rings is 2. The summed E-state index contributed by atoms with van der Waals surface area (Å²) in [6.45, 7) is 6.70. The van der Waals surface area contributed by atoms with Crippen LogP contribution in [0.1, 0.15) is 39.9 Å². The highest BCUT2D eigenvalue weighted by molar-refractivity contribution is 5.80. The van der Waals surface area contributed by atoms with E-state index in [1.165, 1.54) is 16.8 Å². The molecule has 4 aromatic rings. The van der Waals surface area contributed by atoms with Crippen molar-refractivity contribution in [3.05, 3.63) is 94.3 Å². The Morgan fingerprint density at radius 3 is 2.42 bits per heavy atom. The maximum atomic E-state index is 13.3. The molecule has 4 rings (SSSR count). The van der Waals surface area contributed by atoms with Crippen molar-refractivity contribution >= 4 is 5.91 Å². The zero-order valence-corrected chi connectivity index (χ0v) is 18.9. The van der Waals surface area contributed by atoms with E-state index < -0.39 is 6.04 Å². The number of carbonyl (C=O) groups is 1. The maximum absolute atomic E-state index is 13.3. The van der Waals surface area contributed by atoms with Gasteiger partial charge in [-0.1, -0.05) is 42.5 Å². The van der Waals surface area contributed by atoms with E-state index in [0.717, 1.165) is 28.1 Å². The number of hydrogen-bond acceptors (Lipinski definition) is 5. The minimum absolute atomic E-state index is 0.218. The molecule has 1 N–H and O–H groups in total. The number of nitrogens with one attached hydrogen (secondary N) is 1. The average molecular weight is 448 g/mol. The number of aromatic nitrogens is 6. The predicted octanol–water partition coefficient (Wildman–Crippen LogP) is 3.08. The Balaban J connectivity index is 1.50. The second-order valence-corrected chi connectivity index (χ2v) is 8.03. The fourth-order valence-electron chi connectivity index (χ4n) is 3.85. The smallest absolute Gasteiger partial charge is 0.245 e. The van der Waals surface area contributed by atoms with E-state index >= 15 is 0 Å². The van der Waals surface area contributed by atoms with Gasteiger partial charge >= 0.3 is 0 Å². The van der Waals surface area contributed by atoms with Gasteiger partial charge < -0.3 is 5.32 Å². The summed E-state index contributed by atoms with van der Waals surface area (Å²) in [5.41, 5.74) is 4.83. The third-order valence-electron chi connectivity index (χ3n) is 5.74. The molecule has 0 aliphatic carbocycles. The number of halogens is 1. The van der Waals surface area contributed by atoms with Crippen LogP contribution in [0, 0.1) is 26.6 Å². The fourth-order valence-corrected chi connectivity index (χ4v) is 3.85. The summed E-state index contributed by atoms with van der Waals surface area (Å²) in [6, 6.07) is 15.5. The van der Waals surface area contributed by atoms with Crippen LogP contribution in [0.25, 0.3) is 0 Å². The third kappa shape index (κ3) is 5.14. The summed E-state index contributed by atoms with van der Waals surface area (Å²) in [6.07, 6.45) is 0.337. The Morgan fingerprint density at radius 1 is 1.03 bits per heavy atom. The third-order valence-corrected chi connectivity index (χ3v) is 5.74. The highest BCUT2D eigenvalue weighted by atomic mass is 19.1. The van der Waals surface area contributed by atoms with Crippen molar-refractivity contribution in [1.29, 1.82) is 0 Å². The van der Waals surface area contributed by atoms with Gasteiger partial charge in [-0.2, -0.15) is 5.10 Å². The molecule has 2 aromatic heterocycles. The Bertz CT molecular complexity index is 1230. The van der Waals surface area contributed by atoms with Gasteiger partial charge in [0.15, 0.2) is 0 Å². The molecular formula is C24H26FN7O. The van der Waals surface area contributed by atoms with Crippen LogP contribution < -0.4 is 5.32 Å². The Labute approximate surface area is 191 Å². The minimum Gasteiger partial charge on any atom is -0.350 e. The van der Waals surface area contributed by atoms with Crippen LogP contribution >= 0.6 is 0 Å². The highest BCUT2D eigenvalue weighted by Crippen LogP contribution is 2.18. The number of nitrogens with zero attached hydrogens (tertiary/aromatic N) is 6. The molecule has 0 spiro atoms. The van der Waals surface area contributed by atoms with Crippen molar-refractivity contribution in [2.75, 3.05) is 0 Å². The molecule has 0 saturated heterocycles. The molecule has 2 heterocycles. The molecule has 0 fully saturated rings. The standard InChI is InChI=1S/C24H26FN7O/c1-16-22(17(2)31(28-16)15-20-7-5-4-6-8-20)14-26-24(33)23(32-18(3)27-29-30-32)13-19-9-11-21(25)12-10-19/h4-12,23H,13-15H2,1-3H3,(H,26,33). The summed E-state index contributed by atoms with van der Waals surface area (Å²) >= 11 is 0. The van der Waals surface area contributed by atoms with Crippen LogP contribution in [-0.2, 0) is 24.3 Å². The first-order valence-electron chi connectivity index (χ1n) is 10.8. The Kier molecular flexibility index (Phi) is 6.58. The first kappa shape index (κ1) is 22.3. The summed E-state index contributed by atoms with van der Waals surface area (Å²) in [4.78, 5) is 13.2. The molecule has 9 heteroatoms. The van der Waals surface area contributed by atoms with Crippen molar-refractivity contribution in [2.45, 2.75) is 46.3 Å². The number of hydrogen-bond donors (Lipinski definition) is 1. The lowest BCUT2D eigenvalue weighted by Crippen LogP contribution is -2.35. The van der Waals surface area contributed by atoms with E-state index in [2.05, 4.69) is 38.1 Å². The topological polar surface area (TPSA) is 90.5 Å². The Hall–Kier alpha value is -3.88. The van der Waals surface area contributed by atoms with E-state index in [0.29, 0.717) is 25.3 Å². The largest absolute Gasteiger partial charge is 0.350 e. The van der Waals surface area contributed by atoms with Gasteiger partial charge in [-0.3, -0.25) is 9.48 Å². The lowest BCUT2D eigenvalue weighted by atomic mass is 10.0. The molecule has 1 amide bonds. The molecular weight excluding hydrogens is 421 g/mol. The zero-order valence-electron chi connectivity index (χ0n) is 18.9. The Morgan fingerprint density at radius 2 is 1.76 bits per heavy atom. The van der Waals surface area contributed by atoms with E-state index in [1.807, 2.05) is 36.7 Å². The highest BCUT2D eigenvalue weighted by Gasteiger charge is 2.25. The minimum atomic E-state index is -0.662. The van der Waals surface area contributed by atoms with Gasteiger partial charge in [0.1, 0.15) is 17.7 Å². The number of carbonyl (C=O) groups excluding carboxylic acids is 1. The molecule has 8 nitrogen and oxygen atoms in total. The fraction of sp³-hybridized carbons (Fsp3) is 0.292. The SMILES string of the molecule is Cc1nn(Cc2ccccc2)c(C)c1CNC(=O)C(Cc1ccc(F)cc1)n1nnnc1C. The van der Waals surface area contributed by atoms with Crippen molar-refractivity contribution < 1.29 is 9.18 Å². The molecule has 33 heavy (non-hydrogen) atoms. The number of rotatable bonds is 8. The maximum Gasteiger partial charge on any atom is 0.245 e. The van der Waals surface area contributed by atoms with Crippen molar-refractivity contribution in [3.63, 3.8) is 0 Å². The normalized spacial score (nSPS) is 12.0. The van der Waals surface area contributed by atoms with Gasteiger partial charge in [-0.25, -0.2) is 9.07 Å². The molecule has 0 radical (unpaired) electrons. The first-order valence-corrected chi connectivity index (χ1v) is 10.8. The number of aryl methyl sites for hydroxylation is 2. The van der Waals surface area contributed by atoms with E-state index in [9.17, 15) is 9.18 Å². The van der Waals surface area contributed by atoms with Crippen LogP contribution in [0.3, 0.4) is 0 Å². The van der Waals surface area contributed by atoms with E-state index in [4.69, 9.17) is 0 Å². The first-order chi connectivity index (χ1) is 15.9. The van der Waals surface area contributed by atoms with Crippen molar-refractivity contribution in [2.24, 2.45) is 0 Å². The molecule has 0 saturated carbocycles. The number of tetrazole rings is 1. The summed E-state index contributed by atoms with van der Waals surface area (Å²) in [7, 11) is 0. The van der Waals surface area contributed by atoms with Gasteiger partial charge in [0.25, 0.3) is 0 Å². The molecule has 0 bridgehead atoms.